The lowest BCUT2D eigenvalue weighted by Gasteiger charge is -2.19. The predicted octanol–water partition coefficient (Wildman–Crippen LogP) is 1.07. The third kappa shape index (κ3) is 6.91. The summed E-state index contributed by atoms with van der Waals surface area (Å²) >= 11 is 0. The normalized spacial score (nSPS) is 12.3. The van der Waals surface area contributed by atoms with Crippen LogP contribution < -0.4 is 15.4 Å². The van der Waals surface area contributed by atoms with Gasteiger partial charge < -0.3 is 15.4 Å². The first-order chi connectivity index (χ1) is 12.0. The highest BCUT2D eigenvalue weighted by Crippen LogP contribution is 2.17. The summed E-state index contributed by atoms with van der Waals surface area (Å²) in [4.78, 5) is 4.12. The van der Waals surface area contributed by atoms with Gasteiger partial charge in [0.15, 0.2) is 5.96 Å². The van der Waals surface area contributed by atoms with Crippen LogP contribution >= 0.6 is 0 Å². The van der Waals surface area contributed by atoms with Crippen LogP contribution in [-0.2, 0) is 16.4 Å². The summed E-state index contributed by atoms with van der Waals surface area (Å²) in [6.07, 6.45) is 0.780. The van der Waals surface area contributed by atoms with Crippen LogP contribution in [-0.4, -0.2) is 64.8 Å². The van der Waals surface area contributed by atoms with Crippen molar-refractivity contribution in [1.29, 1.82) is 0 Å². The van der Waals surface area contributed by atoms with E-state index in [9.17, 15) is 8.42 Å². The van der Waals surface area contributed by atoms with E-state index in [0.29, 0.717) is 32.1 Å². The van der Waals surface area contributed by atoms with Gasteiger partial charge >= 0.3 is 0 Å². The maximum Gasteiger partial charge on any atom is 0.215 e. The molecule has 0 aliphatic rings. The van der Waals surface area contributed by atoms with Gasteiger partial charge in [0.2, 0.25) is 10.0 Å². The number of aliphatic imine (C=N–C) groups is 1. The average molecular weight is 371 g/mol. The maximum atomic E-state index is 12.1. The summed E-state index contributed by atoms with van der Waals surface area (Å²) in [6, 6.07) is 7.86. The quantitative estimate of drug-likeness (QED) is 0.476. The Balaban J connectivity index is 2.43. The Kier molecular flexibility index (Phi) is 9.30. The van der Waals surface area contributed by atoms with Gasteiger partial charge in [0.1, 0.15) is 5.75 Å². The first kappa shape index (κ1) is 21.2. The number of hydrogen-bond donors (Lipinski definition) is 2. The molecule has 8 heteroatoms. The number of guanidine groups is 1. The standard InChI is InChI=1S/C17H30N4O3S/c1-5-21(6-2)25(22,23)14-13-20-17(18-3)19-12-11-15-9-7-8-10-16(15)24-4/h7-10H,5-6,11-14H2,1-4H3,(H2,18,19,20). The molecule has 0 heterocycles. The average Bonchev–Trinajstić information content (AvgIpc) is 2.61. The maximum absolute atomic E-state index is 12.1. The molecular formula is C17H30N4O3S. The van der Waals surface area contributed by atoms with Crippen molar-refractivity contribution in [1.82, 2.24) is 14.9 Å². The van der Waals surface area contributed by atoms with E-state index >= 15 is 0 Å². The summed E-state index contributed by atoms with van der Waals surface area (Å²) in [5.74, 6) is 1.49. The summed E-state index contributed by atoms with van der Waals surface area (Å²) in [6.45, 7) is 5.64. The van der Waals surface area contributed by atoms with Gasteiger partial charge in [-0.15, -0.1) is 0 Å². The number of ether oxygens (including phenoxy) is 1. The molecule has 0 aromatic heterocycles. The Bertz CT molecular complexity index is 643. The van der Waals surface area contributed by atoms with Crippen molar-refractivity contribution in [3.63, 3.8) is 0 Å². The van der Waals surface area contributed by atoms with E-state index in [1.54, 1.807) is 14.2 Å². The summed E-state index contributed by atoms with van der Waals surface area (Å²) in [5, 5.41) is 6.23. The molecule has 25 heavy (non-hydrogen) atoms. The second-order valence-corrected chi connectivity index (χ2v) is 7.48. The highest BCUT2D eigenvalue weighted by molar-refractivity contribution is 7.89. The minimum Gasteiger partial charge on any atom is -0.496 e. The van der Waals surface area contributed by atoms with Crippen LogP contribution in [0.1, 0.15) is 19.4 Å². The van der Waals surface area contributed by atoms with Crippen LogP contribution in [0.2, 0.25) is 0 Å². The number of benzene rings is 1. The molecule has 0 spiro atoms. The van der Waals surface area contributed by atoms with Crippen LogP contribution in [0.5, 0.6) is 5.75 Å². The minimum absolute atomic E-state index is 0.0435. The third-order valence-electron chi connectivity index (χ3n) is 3.85. The van der Waals surface area contributed by atoms with Crippen molar-refractivity contribution in [3.05, 3.63) is 29.8 Å². The number of methoxy groups -OCH3 is 1. The zero-order valence-corrected chi connectivity index (χ0v) is 16.4. The van der Waals surface area contributed by atoms with E-state index < -0.39 is 10.0 Å². The van der Waals surface area contributed by atoms with Gasteiger partial charge in [-0.1, -0.05) is 32.0 Å². The van der Waals surface area contributed by atoms with Crippen molar-refractivity contribution in [2.75, 3.05) is 46.1 Å². The van der Waals surface area contributed by atoms with Gasteiger partial charge in [0.25, 0.3) is 0 Å². The molecule has 1 aromatic rings. The topological polar surface area (TPSA) is 83.0 Å². The Morgan fingerprint density at radius 1 is 1.16 bits per heavy atom. The molecule has 142 valence electrons. The van der Waals surface area contributed by atoms with Gasteiger partial charge in [-0.25, -0.2) is 12.7 Å². The minimum atomic E-state index is -3.23. The molecule has 0 radical (unpaired) electrons. The van der Waals surface area contributed by atoms with Crippen molar-refractivity contribution in [2.45, 2.75) is 20.3 Å². The number of nitrogens with one attached hydrogen (secondary N) is 2. The largest absolute Gasteiger partial charge is 0.496 e. The van der Waals surface area contributed by atoms with Gasteiger partial charge in [-0.05, 0) is 18.1 Å². The summed E-state index contributed by atoms with van der Waals surface area (Å²) < 4.78 is 31.1. The number of hydrogen-bond acceptors (Lipinski definition) is 4. The fourth-order valence-corrected chi connectivity index (χ4v) is 3.90. The van der Waals surface area contributed by atoms with E-state index in [-0.39, 0.29) is 5.75 Å². The molecule has 0 aliphatic heterocycles. The molecule has 0 bridgehead atoms. The highest BCUT2D eigenvalue weighted by Gasteiger charge is 2.18. The van der Waals surface area contributed by atoms with Crippen LogP contribution in [0.4, 0.5) is 0 Å². The molecule has 2 N–H and O–H groups in total. The number of rotatable bonds is 10. The molecule has 0 unspecified atom stereocenters. The van der Waals surface area contributed by atoms with Crippen molar-refractivity contribution in [2.24, 2.45) is 4.99 Å². The number of sulfonamides is 1. The molecule has 7 nitrogen and oxygen atoms in total. The highest BCUT2D eigenvalue weighted by atomic mass is 32.2. The van der Waals surface area contributed by atoms with E-state index in [1.807, 2.05) is 38.1 Å². The van der Waals surface area contributed by atoms with Crippen molar-refractivity contribution >= 4 is 16.0 Å². The first-order valence-electron chi connectivity index (χ1n) is 8.52. The third-order valence-corrected chi connectivity index (χ3v) is 5.88. The predicted molar refractivity (Wildman–Crippen MR) is 103 cm³/mol. The fourth-order valence-electron chi connectivity index (χ4n) is 2.49. The van der Waals surface area contributed by atoms with Crippen LogP contribution in [0.15, 0.2) is 29.3 Å². The Morgan fingerprint density at radius 2 is 1.80 bits per heavy atom. The van der Waals surface area contributed by atoms with E-state index in [4.69, 9.17) is 4.74 Å². The monoisotopic (exact) mass is 370 g/mol. The van der Waals surface area contributed by atoms with Crippen LogP contribution in [0.3, 0.4) is 0 Å². The Morgan fingerprint density at radius 3 is 2.40 bits per heavy atom. The lowest BCUT2D eigenvalue weighted by atomic mass is 10.1. The first-order valence-corrected chi connectivity index (χ1v) is 10.1. The summed E-state index contributed by atoms with van der Waals surface area (Å²) in [7, 11) is 0.0925. The van der Waals surface area contributed by atoms with E-state index in [2.05, 4.69) is 15.6 Å². The Hall–Kier alpha value is -1.80. The molecule has 0 saturated carbocycles. The molecule has 1 rings (SSSR count). The molecule has 1 aromatic carbocycles. The molecule has 0 aliphatic carbocycles. The Labute approximate surface area is 151 Å². The van der Waals surface area contributed by atoms with Gasteiger partial charge in [-0.2, -0.15) is 0 Å². The second kappa shape index (κ2) is 10.9. The van der Waals surface area contributed by atoms with Gasteiger partial charge in [-0.3, -0.25) is 4.99 Å². The SMILES string of the molecule is CCN(CC)S(=O)(=O)CCNC(=NC)NCCc1ccccc1OC. The van der Waals surface area contributed by atoms with Gasteiger partial charge in [0, 0.05) is 33.2 Å². The van der Waals surface area contributed by atoms with Crippen molar-refractivity contribution < 1.29 is 13.2 Å². The van der Waals surface area contributed by atoms with Crippen LogP contribution in [0.25, 0.3) is 0 Å². The van der Waals surface area contributed by atoms with Gasteiger partial charge in [0.05, 0.1) is 12.9 Å². The number of nitrogens with zero attached hydrogens (tertiary/aromatic N) is 2. The zero-order valence-electron chi connectivity index (χ0n) is 15.6. The molecule has 0 amide bonds. The van der Waals surface area contributed by atoms with E-state index in [0.717, 1.165) is 17.7 Å². The lowest BCUT2D eigenvalue weighted by Crippen LogP contribution is -2.42. The van der Waals surface area contributed by atoms with Crippen molar-refractivity contribution in [3.8, 4) is 5.75 Å². The lowest BCUT2D eigenvalue weighted by molar-refractivity contribution is 0.409. The number of para-hydroxylation sites is 1. The molecular weight excluding hydrogens is 340 g/mol. The molecule has 0 atom stereocenters. The molecule has 0 saturated heterocycles. The molecule has 0 fully saturated rings. The van der Waals surface area contributed by atoms with E-state index in [1.165, 1.54) is 4.31 Å². The zero-order chi connectivity index (χ0) is 18.7. The smallest absolute Gasteiger partial charge is 0.215 e. The second-order valence-electron chi connectivity index (χ2n) is 5.39. The summed E-state index contributed by atoms with van der Waals surface area (Å²) in [5.41, 5.74) is 1.11. The van der Waals surface area contributed by atoms with Crippen LogP contribution in [0, 0.1) is 0 Å². The fraction of sp³-hybridized carbons (Fsp3) is 0.588.